The standard InChI is InChI=1S/C19H16ClFN2O2/c1-2-6-16-17(19(24)25)18(12-7-4-3-5-8-12)23(22-16)13-9-10-15(21)14(20)11-13/h3-5,7-11H,2,6H2,1H3,(H,24,25). The summed E-state index contributed by atoms with van der Waals surface area (Å²) < 4.78 is 15.0. The highest BCUT2D eigenvalue weighted by Gasteiger charge is 2.25. The van der Waals surface area contributed by atoms with Crippen LogP contribution in [0.3, 0.4) is 0 Å². The second-order valence-electron chi connectivity index (χ2n) is 5.60. The van der Waals surface area contributed by atoms with Crippen LogP contribution >= 0.6 is 11.6 Å². The van der Waals surface area contributed by atoms with Crippen LogP contribution in [0.15, 0.2) is 48.5 Å². The number of rotatable bonds is 5. The van der Waals surface area contributed by atoms with Gasteiger partial charge in [0.25, 0.3) is 0 Å². The molecule has 0 aliphatic heterocycles. The summed E-state index contributed by atoms with van der Waals surface area (Å²) in [5.74, 6) is -1.58. The second kappa shape index (κ2) is 7.07. The van der Waals surface area contributed by atoms with Crippen LogP contribution in [-0.4, -0.2) is 20.9 Å². The van der Waals surface area contributed by atoms with E-state index in [1.807, 2.05) is 37.3 Å². The predicted molar refractivity (Wildman–Crippen MR) is 94.9 cm³/mol. The van der Waals surface area contributed by atoms with E-state index in [4.69, 9.17) is 11.6 Å². The molecule has 25 heavy (non-hydrogen) atoms. The van der Waals surface area contributed by atoms with Gasteiger partial charge in [0.15, 0.2) is 0 Å². The fourth-order valence-corrected chi connectivity index (χ4v) is 2.94. The highest BCUT2D eigenvalue weighted by atomic mass is 35.5. The van der Waals surface area contributed by atoms with Crippen molar-refractivity contribution in [2.75, 3.05) is 0 Å². The minimum absolute atomic E-state index is 0.0408. The van der Waals surface area contributed by atoms with Crippen molar-refractivity contribution >= 4 is 17.6 Å². The van der Waals surface area contributed by atoms with Gasteiger partial charge in [-0.25, -0.2) is 13.9 Å². The van der Waals surface area contributed by atoms with Gasteiger partial charge in [-0.2, -0.15) is 5.10 Å². The maximum Gasteiger partial charge on any atom is 0.339 e. The van der Waals surface area contributed by atoms with E-state index >= 15 is 0 Å². The third-order valence-corrected chi connectivity index (χ3v) is 4.14. The largest absolute Gasteiger partial charge is 0.478 e. The minimum atomic E-state index is -1.04. The van der Waals surface area contributed by atoms with Crippen LogP contribution in [0.25, 0.3) is 16.9 Å². The summed E-state index contributed by atoms with van der Waals surface area (Å²) in [6, 6.07) is 13.4. The first-order valence-electron chi connectivity index (χ1n) is 7.89. The van der Waals surface area contributed by atoms with Crippen molar-refractivity contribution in [3.8, 4) is 16.9 Å². The maximum absolute atomic E-state index is 13.5. The lowest BCUT2D eigenvalue weighted by Gasteiger charge is -2.09. The number of nitrogens with zero attached hydrogens (tertiary/aromatic N) is 2. The molecule has 0 fully saturated rings. The van der Waals surface area contributed by atoms with E-state index in [0.717, 1.165) is 12.0 Å². The molecule has 0 radical (unpaired) electrons. The fourth-order valence-electron chi connectivity index (χ4n) is 2.77. The Morgan fingerprint density at radius 1 is 1.24 bits per heavy atom. The Morgan fingerprint density at radius 2 is 1.96 bits per heavy atom. The Hall–Kier alpha value is -2.66. The van der Waals surface area contributed by atoms with Gasteiger partial charge >= 0.3 is 5.97 Å². The summed E-state index contributed by atoms with van der Waals surface area (Å²) in [5.41, 5.74) is 2.34. The molecular formula is C19H16ClFN2O2. The Labute approximate surface area is 149 Å². The smallest absolute Gasteiger partial charge is 0.339 e. The highest BCUT2D eigenvalue weighted by molar-refractivity contribution is 6.30. The molecule has 6 heteroatoms. The van der Waals surface area contributed by atoms with Crippen molar-refractivity contribution in [2.24, 2.45) is 0 Å². The number of hydrogen-bond donors (Lipinski definition) is 1. The van der Waals surface area contributed by atoms with Crippen LogP contribution < -0.4 is 0 Å². The number of carbonyl (C=O) groups is 1. The molecule has 0 bridgehead atoms. The molecule has 1 N–H and O–H groups in total. The molecule has 0 saturated heterocycles. The SMILES string of the molecule is CCCc1nn(-c2ccc(F)c(Cl)c2)c(-c2ccccc2)c1C(=O)O. The normalized spacial score (nSPS) is 10.8. The van der Waals surface area contributed by atoms with E-state index in [2.05, 4.69) is 5.10 Å². The first kappa shape index (κ1) is 17.2. The van der Waals surface area contributed by atoms with Crippen LogP contribution in [0, 0.1) is 5.82 Å². The molecule has 128 valence electrons. The van der Waals surface area contributed by atoms with Crippen molar-refractivity contribution in [1.82, 2.24) is 9.78 Å². The summed E-state index contributed by atoms with van der Waals surface area (Å²) in [7, 11) is 0. The summed E-state index contributed by atoms with van der Waals surface area (Å²) >= 11 is 5.90. The molecule has 1 heterocycles. The van der Waals surface area contributed by atoms with E-state index in [9.17, 15) is 14.3 Å². The second-order valence-corrected chi connectivity index (χ2v) is 6.01. The average molecular weight is 359 g/mol. The average Bonchev–Trinajstić information content (AvgIpc) is 2.98. The van der Waals surface area contributed by atoms with Gasteiger partial charge in [0.1, 0.15) is 11.4 Å². The number of carboxylic acid groups (broad SMARTS) is 1. The third-order valence-electron chi connectivity index (χ3n) is 3.85. The van der Waals surface area contributed by atoms with Crippen LogP contribution in [0.2, 0.25) is 5.02 Å². The van der Waals surface area contributed by atoms with Crippen molar-refractivity contribution in [3.63, 3.8) is 0 Å². The first-order valence-corrected chi connectivity index (χ1v) is 8.26. The molecule has 0 spiro atoms. The van der Waals surface area contributed by atoms with Crippen LogP contribution in [0.5, 0.6) is 0 Å². The van der Waals surface area contributed by atoms with Crippen molar-refractivity contribution in [1.29, 1.82) is 0 Å². The number of benzene rings is 2. The summed E-state index contributed by atoms with van der Waals surface area (Å²) in [4.78, 5) is 11.9. The Kier molecular flexibility index (Phi) is 4.86. The van der Waals surface area contributed by atoms with Gasteiger partial charge in [-0.15, -0.1) is 0 Å². The molecule has 0 atom stereocenters. The van der Waals surface area contributed by atoms with Crippen LogP contribution in [0.4, 0.5) is 4.39 Å². The molecule has 3 aromatic rings. The number of carboxylic acids is 1. The van der Waals surface area contributed by atoms with Crippen molar-refractivity contribution in [2.45, 2.75) is 19.8 Å². The molecule has 2 aromatic carbocycles. The molecule has 0 unspecified atom stereocenters. The van der Waals surface area contributed by atoms with Gasteiger partial charge in [-0.3, -0.25) is 0 Å². The number of halogens is 2. The molecule has 0 aliphatic carbocycles. The summed E-state index contributed by atoms with van der Waals surface area (Å²) in [6.07, 6.45) is 1.29. The summed E-state index contributed by atoms with van der Waals surface area (Å²) in [5, 5.41) is 14.2. The highest BCUT2D eigenvalue weighted by Crippen LogP contribution is 2.31. The van der Waals surface area contributed by atoms with E-state index in [1.54, 1.807) is 0 Å². The zero-order chi connectivity index (χ0) is 18.0. The Morgan fingerprint density at radius 3 is 2.56 bits per heavy atom. The Bertz CT molecular complexity index is 923. The lowest BCUT2D eigenvalue weighted by molar-refractivity contribution is 0.0696. The summed E-state index contributed by atoms with van der Waals surface area (Å²) in [6.45, 7) is 1.96. The minimum Gasteiger partial charge on any atom is -0.478 e. The van der Waals surface area contributed by atoms with Gasteiger partial charge in [0, 0.05) is 5.56 Å². The van der Waals surface area contributed by atoms with Gasteiger partial charge in [0.2, 0.25) is 0 Å². The van der Waals surface area contributed by atoms with Gasteiger partial charge < -0.3 is 5.11 Å². The van der Waals surface area contributed by atoms with E-state index in [-0.39, 0.29) is 10.6 Å². The monoisotopic (exact) mass is 358 g/mol. The zero-order valence-corrected chi connectivity index (χ0v) is 14.3. The number of hydrogen-bond acceptors (Lipinski definition) is 2. The van der Waals surface area contributed by atoms with E-state index in [0.29, 0.717) is 23.5 Å². The van der Waals surface area contributed by atoms with Crippen LogP contribution in [0.1, 0.15) is 29.4 Å². The molecule has 1 aromatic heterocycles. The quantitative estimate of drug-likeness (QED) is 0.699. The van der Waals surface area contributed by atoms with Gasteiger partial charge in [0.05, 0.1) is 22.1 Å². The number of aromatic carboxylic acids is 1. The molecule has 3 rings (SSSR count). The predicted octanol–water partition coefficient (Wildman–Crippen LogP) is 4.98. The third kappa shape index (κ3) is 3.28. The van der Waals surface area contributed by atoms with Crippen molar-refractivity contribution in [3.05, 3.63) is 70.6 Å². The fraction of sp³-hybridized carbons (Fsp3) is 0.158. The van der Waals surface area contributed by atoms with Crippen LogP contribution in [-0.2, 0) is 6.42 Å². The first-order chi connectivity index (χ1) is 12.0. The Balaban J connectivity index is 2.32. The molecular weight excluding hydrogens is 343 g/mol. The number of aryl methyl sites for hydroxylation is 1. The molecule has 0 aliphatic rings. The topological polar surface area (TPSA) is 55.1 Å². The van der Waals surface area contributed by atoms with E-state index < -0.39 is 11.8 Å². The van der Waals surface area contributed by atoms with E-state index in [1.165, 1.54) is 22.9 Å². The lowest BCUT2D eigenvalue weighted by Crippen LogP contribution is -2.03. The molecule has 0 amide bonds. The molecule has 0 saturated carbocycles. The zero-order valence-electron chi connectivity index (χ0n) is 13.5. The lowest BCUT2D eigenvalue weighted by atomic mass is 10.0. The van der Waals surface area contributed by atoms with Gasteiger partial charge in [-0.05, 0) is 24.6 Å². The van der Waals surface area contributed by atoms with Gasteiger partial charge in [-0.1, -0.05) is 55.3 Å². The van der Waals surface area contributed by atoms with Crippen molar-refractivity contribution < 1.29 is 14.3 Å². The molecule has 4 nitrogen and oxygen atoms in total. The number of aromatic nitrogens is 2. The maximum atomic E-state index is 13.5.